The van der Waals surface area contributed by atoms with Gasteiger partial charge in [0.05, 0.1) is 66.7 Å². The summed E-state index contributed by atoms with van der Waals surface area (Å²) in [5.74, 6) is -0.984. The van der Waals surface area contributed by atoms with E-state index in [1.54, 1.807) is 30.5 Å². The van der Waals surface area contributed by atoms with E-state index < -0.39 is 18.3 Å². The first-order valence-corrected chi connectivity index (χ1v) is 12.0. The van der Waals surface area contributed by atoms with Crippen LogP contribution in [0.2, 0.25) is 5.02 Å². The van der Waals surface area contributed by atoms with Crippen LogP contribution < -0.4 is 20.1 Å². The van der Waals surface area contributed by atoms with Crippen molar-refractivity contribution in [3.8, 4) is 22.8 Å². The molecule has 1 fully saturated rings. The number of anilines is 2. The van der Waals surface area contributed by atoms with E-state index in [-0.39, 0.29) is 36.2 Å². The van der Waals surface area contributed by atoms with Crippen LogP contribution in [0.4, 0.5) is 20.2 Å². The van der Waals surface area contributed by atoms with Gasteiger partial charge < -0.3 is 34.6 Å². The number of hydrogen-bond donors (Lipinski definition) is 3. The monoisotopic (exact) mass is 534 g/mol. The first-order valence-electron chi connectivity index (χ1n) is 11.7. The highest BCUT2D eigenvalue weighted by molar-refractivity contribution is 6.32. The SMILES string of the molecule is COc1c(Cl)cccc1Nc1c(-c2ccncc2OC[C@H]2COCCO2)[nH]c2c1C(=O)NC[C@@H]2C(F)F. The van der Waals surface area contributed by atoms with Gasteiger partial charge in [0.15, 0.2) is 5.75 Å². The summed E-state index contributed by atoms with van der Waals surface area (Å²) in [6.07, 6.45) is 0.112. The largest absolute Gasteiger partial charge is 0.493 e. The number of ether oxygens (including phenoxy) is 4. The van der Waals surface area contributed by atoms with Crippen molar-refractivity contribution in [3.63, 3.8) is 0 Å². The predicted octanol–water partition coefficient (Wildman–Crippen LogP) is 4.37. The average molecular weight is 535 g/mol. The van der Waals surface area contributed by atoms with Gasteiger partial charge in [0.1, 0.15) is 18.5 Å². The lowest BCUT2D eigenvalue weighted by Gasteiger charge is -2.23. The highest BCUT2D eigenvalue weighted by Gasteiger charge is 2.37. The second kappa shape index (κ2) is 10.9. The van der Waals surface area contributed by atoms with Gasteiger partial charge >= 0.3 is 0 Å². The van der Waals surface area contributed by atoms with E-state index in [0.717, 1.165) is 0 Å². The Hall–Kier alpha value is -3.41. The van der Waals surface area contributed by atoms with Crippen LogP contribution >= 0.6 is 11.6 Å². The molecule has 12 heteroatoms. The molecule has 3 N–H and O–H groups in total. The average Bonchev–Trinajstić information content (AvgIpc) is 3.28. The Bertz CT molecular complexity index is 1280. The zero-order valence-corrected chi connectivity index (χ0v) is 20.6. The van der Waals surface area contributed by atoms with Crippen molar-refractivity contribution in [1.82, 2.24) is 15.3 Å². The molecular formula is C25H25ClF2N4O5. The second-order valence-electron chi connectivity index (χ2n) is 8.51. The number of alkyl halides is 2. The van der Waals surface area contributed by atoms with Crippen molar-refractivity contribution in [1.29, 1.82) is 0 Å². The Kier molecular flexibility index (Phi) is 7.45. The smallest absolute Gasteiger partial charge is 0.255 e. The first-order chi connectivity index (χ1) is 18.0. The molecule has 37 heavy (non-hydrogen) atoms. The summed E-state index contributed by atoms with van der Waals surface area (Å²) in [5.41, 5.74) is 1.85. The van der Waals surface area contributed by atoms with Crippen molar-refractivity contribution in [2.24, 2.45) is 0 Å². The van der Waals surface area contributed by atoms with E-state index in [2.05, 4.69) is 20.6 Å². The van der Waals surface area contributed by atoms with Crippen LogP contribution in [0.15, 0.2) is 36.7 Å². The Morgan fingerprint density at radius 2 is 2.16 bits per heavy atom. The van der Waals surface area contributed by atoms with Gasteiger partial charge in [-0.3, -0.25) is 9.78 Å². The number of pyridine rings is 1. The summed E-state index contributed by atoms with van der Waals surface area (Å²) in [6.45, 7) is 1.39. The standard InChI is InChI=1S/C25H25ClF2N4O5/c1-34-23-16(26)3-2-4-17(23)31-22-19-20(15(24(27)28)9-30-25(19)33)32-21(22)14-5-6-29-10-18(14)37-12-13-11-35-7-8-36-13/h2-6,10,13,15,24,31-32H,7-9,11-12H2,1H3,(H,30,33)/t13-,15+/m1/s1. The van der Waals surface area contributed by atoms with Crippen molar-refractivity contribution < 1.29 is 32.5 Å². The van der Waals surface area contributed by atoms with Gasteiger partial charge in [-0.15, -0.1) is 0 Å². The zero-order valence-electron chi connectivity index (χ0n) is 19.9. The fraction of sp³-hybridized carbons (Fsp3) is 0.360. The number of nitrogens with zero attached hydrogens (tertiary/aromatic N) is 1. The first kappa shape index (κ1) is 25.2. The molecule has 5 rings (SSSR count). The van der Waals surface area contributed by atoms with Gasteiger partial charge in [-0.25, -0.2) is 8.78 Å². The van der Waals surface area contributed by atoms with E-state index in [4.69, 9.17) is 30.5 Å². The normalized spacial score (nSPS) is 19.3. The summed E-state index contributed by atoms with van der Waals surface area (Å²) in [5, 5.41) is 6.11. The quantitative estimate of drug-likeness (QED) is 0.394. The van der Waals surface area contributed by atoms with Crippen LogP contribution in [0.5, 0.6) is 11.5 Å². The third-order valence-electron chi connectivity index (χ3n) is 6.21. The number of carbonyl (C=O) groups is 1. The summed E-state index contributed by atoms with van der Waals surface area (Å²) < 4.78 is 50.5. The molecule has 1 amide bonds. The summed E-state index contributed by atoms with van der Waals surface area (Å²) >= 11 is 6.30. The maximum Gasteiger partial charge on any atom is 0.255 e. The lowest BCUT2D eigenvalue weighted by atomic mass is 9.96. The van der Waals surface area contributed by atoms with Crippen molar-refractivity contribution >= 4 is 28.9 Å². The molecule has 2 aliphatic rings. The third kappa shape index (κ3) is 5.07. The molecular weight excluding hydrogens is 510 g/mol. The number of fused-ring (bicyclic) bond motifs is 1. The number of halogens is 3. The maximum atomic E-state index is 14.0. The molecule has 1 saturated heterocycles. The van der Waals surface area contributed by atoms with E-state index >= 15 is 0 Å². The lowest BCUT2D eigenvalue weighted by molar-refractivity contribution is -0.101. The minimum atomic E-state index is -2.70. The summed E-state index contributed by atoms with van der Waals surface area (Å²) in [7, 11) is 1.46. The van der Waals surface area contributed by atoms with Crippen molar-refractivity contribution in [2.75, 3.05) is 45.4 Å². The molecule has 2 atom stereocenters. The highest BCUT2D eigenvalue weighted by Crippen LogP contribution is 2.45. The highest BCUT2D eigenvalue weighted by atomic mass is 35.5. The predicted molar refractivity (Wildman–Crippen MR) is 132 cm³/mol. The molecule has 0 saturated carbocycles. The van der Waals surface area contributed by atoms with E-state index in [1.165, 1.54) is 13.3 Å². The van der Waals surface area contributed by atoms with Crippen LogP contribution in [-0.2, 0) is 9.47 Å². The van der Waals surface area contributed by atoms with Crippen molar-refractivity contribution in [2.45, 2.75) is 18.4 Å². The van der Waals surface area contributed by atoms with E-state index in [0.29, 0.717) is 53.3 Å². The zero-order chi connectivity index (χ0) is 25.9. The number of para-hydroxylation sites is 1. The fourth-order valence-electron chi connectivity index (χ4n) is 4.43. The third-order valence-corrected chi connectivity index (χ3v) is 6.51. The van der Waals surface area contributed by atoms with Crippen LogP contribution in [0.3, 0.4) is 0 Å². The van der Waals surface area contributed by atoms with Gasteiger partial charge in [-0.05, 0) is 18.2 Å². The summed E-state index contributed by atoms with van der Waals surface area (Å²) in [4.78, 5) is 20.2. The number of benzene rings is 1. The molecule has 0 spiro atoms. The molecule has 9 nitrogen and oxygen atoms in total. The molecule has 0 bridgehead atoms. The lowest BCUT2D eigenvalue weighted by Crippen LogP contribution is -2.37. The summed E-state index contributed by atoms with van der Waals surface area (Å²) in [6, 6.07) is 6.76. The van der Waals surface area contributed by atoms with Crippen LogP contribution in [0.25, 0.3) is 11.3 Å². The molecule has 196 valence electrons. The number of hydrogen-bond acceptors (Lipinski definition) is 7. The topological polar surface area (TPSA) is 107 Å². The molecule has 0 radical (unpaired) electrons. The number of aromatic nitrogens is 2. The van der Waals surface area contributed by atoms with Gasteiger partial charge in [-0.2, -0.15) is 0 Å². The van der Waals surface area contributed by atoms with Crippen LogP contribution in [0.1, 0.15) is 22.0 Å². The Morgan fingerprint density at radius 1 is 1.30 bits per heavy atom. The molecule has 2 aromatic heterocycles. The molecule has 2 aliphatic heterocycles. The Morgan fingerprint density at radius 3 is 2.92 bits per heavy atom. The number of carbonyl (C=O) groups excluding carboxylic acids is 1. The molecule has 1 aromatic carbocycles. The van der Waals surface area contributed by atoms with Crippen LogP contribution in [-0.4, -0.2) is 68.5 Å². The number of methoxy groups -OCH3 is 1. The van der Waals surface area contributed by atoms with E-state index in [1.807, 2.05) is 0 Å². The molecule has 0 aliphatic carbocycles. The number of H-pyrrole nitrogens is 1. The second-order valence-corrected chi connectivity index (χ2v) is 8.92. The minimum absolute atomic E-state index is 0.0837. The number of aromatic amines is 1. The number of rotatable bonds is 8. The number of nitrogens with one attached hydrogen (secondary N) is 3. The van der Waals surface area contributed by atoms with Gasteiger partial charge in [0.2, 0.25) is 6.43 Å². The molecule has 4 heterocycles. The number of amides is 1. The van der Waals surface area contributed by atoms with Crippen LogP contribution in [0, 0.1) is 0 Å². The molecule has 0 unspecified atom stereocenters. The Labute approximate surface area is 216 Å². The van der Waals surface area contributed by atoms with Gasteiger partial charge in [0, 0.05) is 24.0 Å². The Balaban J connectivity index is 1.61. The fourth-order valence-corrected chi connectivity index (χ4v) is 4.69. The van der Waals surface area contributed by atoms with Gasteiger partial charge in [0.25, 0.3) is 5.91 Å². The van der Waals surface area contributed by atoms with Gasteiger partial charge in [-0.1, -0.05) is 17.7 Å². The van der Waals surface area contributed by atoms with Crippen molar-refractivity contribution in [3.05, 3.63) is 52.9 Å². The maximum absolute atomic E-state index is 14.0. The minimum Gasteiger partial charge on any atom is -0.493 e. The van der Waals surface area contributed by atoms with E-state index in [9.17, 15) is 13.6 Å². The molecule has 3 aromatic rings.